The molecule has 1 N–H and O–H groups in total. The smallest absolute Gasteiger partial charge is 0.395 e. The van der Waals surface area contributed by atoms with Crippen molar-refractivity contribution in [3.63, 3.8) is 0 Å². The lowest BCUT2D eigenvalue weighted by Gasteiger charge is -2.08. The van der Waals surface area contributed by atoms with E-state index in [2.05, 4.69) is 14.8 Å². The Morgan fingerprint density at radius 1 is 1.05 bits per heavy atom. The quantitative estimate of drug-likeness (QED) is 0.910. The molecule has 0 saturated heterocycles. The number of halogens is 4. The summed E-state index contributed by atoms with van der Waals surface area (Å²) in [4.78, 5) is 0. The standard InChI is InChI=1S/C14H9ClF3NO2/c15-9-2-1-8(11(16)5-9)7-19-10-3-4-12-13(6-10)21-14(17,18)20-12/h1-6,19H,7H2. The Bertz CT molecular complexity index is 694. The van der Waals surface area contributed by atoms with Gasteiger partial charge in [-0.05, 0) is 24.3 Å². The number of nitrogens with one attached hydrogen (secondary N) is 1. The lowest BCUT2D eigenvalue weighted by Crippen LogP contribution is -2.25. The zero-order chi connectivity index (χ0) is 15.0. The van der Waals surface area contributed by atoms with Crippen LogP contribution in [0.15, 0.2) is 36.4 Å². The van der Waals surface area contributed by atoms with E-state index in [1.807, 2.05) is 0 Å². The topological polar surface area (TPSA) is 30.5 Å². The summed E-state index contributed by atoms with van der Waals surface area (Å²) in [6.45, 7) is 0.180. The van der Waals surface area contributed by atoms with Gasteiger partial charge in [0.2, 0.25) is 0 Å². The zero-order valence-corrected chi connectivity index (χ0v) is 11.3. The Labute approximate surface area is 123 Å². The minimum absolute atomic E-state index is 0.0387. The average Bonchev–Trinajstić information content (AvgIpc) is 2.70. The maximum atomic E-state index is 13.6. The largest absolute Gasteiger partial charge is 0.586 e. The molecule has 0 aliphatic carbocycles. The van der Waals surface area contributed by atoms with E-state index in [0.29, 0.717) is 16.3 Å². The lowest BCUT2D eigenvalue weighted by molar-refractivity contribution is -0.286. The summed E-state index contributed by atoms with van der Waals surface area (Å²) in [6, 6.07) is 8.59. The minimum Gasteiger partial charge on any atom is -0.395 e. The number of rotatable bonds is 3. The summed E-state index contributed by atoms with van der Waals surface area (Å²) in [5.41, 5.74) is 0.909. The lowest BCUT2D eigenvalue weighted by atomic mass is 10.2. The van der Waals surface area contributed by atoms with Gasteiger partial charge in [-0.25, -0.2) is 4.39 Å². The molecule has 0 unspecified atom stereocenters. The number of anilines is 1. The fraction of sp³-hybridized carbons (Fsp3) is 0.143. The fourth-order valence-electron chi connectivity index (χ4n) is 1.92. The van der Waals surface area contributed by atoms with Gasteiger partial charge in [0.15, 0.2) is 11.5 Å². The van der Waals surface area contributed by atoms with Gasteiger partial charge in [-0.3, -0.25) is 0 Å². The third-order valence-corrected chi connectivity index (χ3v) is 3.13. The molecule has 1 heterocycles. The van der Waals surface area contributed by atoms with Crippen LogP contribution in [0.2, 0.25) is 5.02 Å². The molecule has 2 aromatic rings. The highest BCUT2D eigenvalue weighted by Gasteiger charge is 2.43. The molecule has 0 aromatic heterocycles. The maximum absolute atomic E-state index is 13.6. The van der Waals surface area contributed by atoms with Gasteiger partial charge in [-0.15, -0.1) is 8.78 Å². The van der Waals surface area contributed by atoms with Crippen molar-refractivity contribution in [2.75, 3.05) is 5.32 Å². The Morgan fingerprint density at radius 3 is 2.57 bits per heavy atom. The van der Waals surface area contributed by atoms with E-state index >= 15 is 0 Å². The predicted octanol–water partition coefficient (Wildman–Crippen LogP) is 4.41. The molecule has 0 spiro atoms. The van der Waals surface area contributed by atoms with E-state index < -0.39 is 12.1 Å². The van der Waals surface area contributed by atoms with Crippen molar-refractivity contribution in [2.45, 2.75) is 12.8 Å². The van der Waals surface area contributed by atoms with E-state index in [1.54, 1.807) is 12.1 Å². The van der Waals surface area contributed by atoms with Crippen LogP contribution in [0.4, 0.5) is 18.9 Å². The van der Waals surface area contributed by atoms with Gasteiger partial charge in [-0.1, -0.05) is 17.7 Å². The van der Waals surface area contributed by atoms with Gasteiger partial charge < -0.3 is 14.8 Å². The number of ether oxygens (including phenoxy) is 2. The number of hydrogen-bond acceptors (Lipinski definition) is 3. The summed E-state index contributed by atoms with van der Waals surface area (Å²) in [7, 11) is 0. The molecule has 1 aliphatic rings. The van der Waals surface area contributed by atoms with E-state index in [-0.39, 0.29) is 18.0 Å². The summed E-state index contributed by atoms with van der Waals surface area (Å²) < 4.78 is 48.0. The van der Waals surface area contributed by atoms with Crippen molar-refractivity contribution in [1.29, 1.82) is 0 Å². The number of alkyl halides is 2. The second-order valence-electron chi connectivity index (χ2n) is 4.42. The first-order valence-electron chi connectivity index (χ1n) is 6.01. The molecule has 0 radical (unpaired) electrons. The van der Waals surface area contributed by atoms with E-state index in [1.165, 1.54) is 24.3 Å². The zero-order valence-electron chi connectivity index (χ0n) is 10.5. The first-order valence-corrected chi connectivity index (χ1v) is 6.38. The SMILES string of the molecule is Fc1cc(Cl)ccc1CNc1ccc2c(c1)OC(F)(F)O2. The van der Waals surface area contributed by atoms with Gasteiger partial charge in [0, 0.05) is 28.9 Å². The van der Waals surface area contributed by atoms with Crippen LogP contribution < -0.4 is 14.8 Å². The first kappa shape index (κ1) is 13.9. The molecule has 21 heavy (non-hydrogen) atoms. The summed E-state index contributed by atoms with van der Waals surface area (Å²) in [6.07, 6.45) is -3.65. The van der Waals surface area contributed by atoms with Gasteiger partial charge in [0.1, 0.15) is 5.82 Å². The Morgan fingerprint density at radius 2 is 1.81 bits per heavy atom. The number of fused-ring (bicyclic) bond motifs is 1. The van der Waals surface area contributed by atoms with Crippen molar-refractivity contribution in [3.8, 4) is 11.5 Å². The highest BCUT2D eigenvalue weighted by atomic mass is 35.5. The van der Waals surface area contributed by atoms with Crippen LogP contribution in [0.3, 0.4) is 0 Å². The molecule has 0 amide bonds. The normalized spacial score (nSPS) is 15.0. The van der Waals surface area contributed by atoms with Crippen molar-refractivity contribution in [3.05, 3.63) is 52.8 Å². The van der Waals surface area contributed by atoms with Crippen molar-refractivity contribution < 1.29 is 22.6 Å². The summed E-state index contributed by atoms with van der Waals surface area (Å²) in [5.74, 6) is -0.549. The first-order chi connectivity index (χ1) is 9.93. The summed E-state index contributed by atoms with van der Waals surface area (Å²) in [5, 5.41) is 3.22. The second-order valence-corrected chi connectivity index (χ2v) is 4.85. The van der Waals surface area contributed by atoms with Crippen molar-refractivity contribution in [1.82, 2.24) is 0 Å². The van der Waals surface area contributed by atoms with Crippen LogP contribution in [-0.4, -0.2) is 6.29 Å². The van der Waals surface area contributed by atoms with Gasteiger partial charge >= 0.3 is 6.29 Å². The second kappa shape index (κ2) is 5.04. The molecule has 2 aromatic carbocycles. The molecule has 7 heteroatoms. The van der Waals surface area contributed by atoms with Crippen LogP contribution in [0.5, 0.6) is 11.5 Å². The number of benzene rings is 2. The molecule has 0 atom stereocenters. The Balaban J connectivity index is 1.72. The predicted molar refractivity (Wildman–Crippen MR) is 71.4 cm³/mol. The highest BCUT2D eigenvalue weighted by Crippen LogP contribution is 2.42. The average molecular weight is 316 g/mol. The molecule has 110 valence electrons. The van der Waals surface area contributed by atoms with Crippen LogP contribution in [0, 0.1) is 5.82 Å². The van der Waals surface area contributed by atoms with E-state index in [4.69, 9.17) is 11.6 Å². The van der Waals surface area contributed by atoms with Crippen LogP contribution in [0.25, 0.3) is 0 Å². The fourth-order valence-corrected chi connectivity index (χ4v) is 2.08. The molecule has 0 fully saturated rings. The number of hydrogen-bond donors (Lipinski definition) is 1. The third kappa shape index (κ3) is 3.00. The van der Waals surface area contributed by atoms with Gasteiger partial charge in [-0.2, -0.15) is 0 Å². The van der Waals surface area contributed by atoms with Gasteiger partial charge in [0.25, 0.3) is 0 Å². The Hall–Kier alpha value is -2.08. The summed E-state index contributed by atoms with van der Waals surface area (Å²) >= 11 is 5.66. The molecular formula is C14H9ClF3NO2. The minimum atomic E-state index is -3.65. The van der Waals surface area contributed by atoms with Crippen molar-refractivity contribution >= 4 is 17.3 Å². The molecule has 0 saturated carbocycles. The monoisotopic (exact) mass is 315 g/mol. The maximum Gasteiger partial charge on any atom is 0.586 e. The molecular weight excluding hydrogens is 307 g/mol. The van der Waals surface area contributed by atoms with Gasteiger partial charge in [0.05, 0.1) is 0 Å². The third-order valence-electron chi connectivity index (χ3n) is 2.90. The molecule has 0 bridgehead atoms. The van der Waals surface area contributed by atoms with Crippen LogP contribution in [-0.2, 0) is 6.54 Å². The molecule has 3 nitrogen and oxygen atoms in total. The molecule has 3 rings (SSSR count). The van der Waals surface area contributed by atoms with E-state index in [0.717, 1.165) is 0 Å². The van der Waals surface area contributed by atoms with Crippen molar-refractivity contribution in [2.24, 2.45) is 0 Å². The van der Waals surface area contributed by atoms with E-state index in [9.17, 15) is 13.2 Å². The highest BCUT2D eigenvalue weighted by molar-refractivity contribution is 6.30. The van der Waals surface area contributed by atoms with Crippen LogP contribution in [0.1, 0.15) is 5.56 Å². The Kier molecular flexibility index (Phi) is 3.33. The molecule has 1 aliphatic heterocycles. The van der Waals surface area contributed by atoms with Crippen LogP contribution >= 0.6 is 11.6 Å².